The zero-order chi connectivity index (χ0) is 12.3. The number of halogens is 1. The second-order valence-corrected chi connectivity index (χ2v) is 5.77. The van der Waals surface area contributed by atoms with Crippen LogP contribution in [-0.4, -0.2) is 23.5 Å². The predicted octanol–water partition coefficient (Wildman–Crippen LogP) is 3.34. The largest absolute Gasteiger partial charge is 0.452 e. The van der Waals surface area contributed by atoms with E-state index in [9.17, 15) is 4.79 Å². The summed E-state index contributed by atoms with van der Waals surface area (Å²) in [5, 5.41) is 3.93. The first-order valence-electron chi connectivity index (χ1n) is 5.77. The van der Waals surface area contributed by atoms with Gasteiger partial charge >= 0.3 is 0 Å². The predicted molar refractivity (Wildman–Crippen MR) is 70.7 cm³/mol. The third kappa shape index (κ3) is 3.19. The molecule has 1 amide bonds. The first-order valence-corrected chi connectivity index (χ1v) is 7.44. The van der Waals surface area contributed by atoms with Crippen LogP contribution in [0.2, 0.25) is 5.22 Å². The van der Waals surface area contributed by atoms with E-state index in [4.69, 9.17) is 16.0 Å². The highest BCUT2D eigenvalue weighted by atomic mass is 35.5. The molecule has 1 N–H and O–H groups in total. The molecular formula is C12H16ClNO2S. The first-order chi connectivity index (χ1) is 8.20. The Balaban J connectivity index is 1.86. The van der Waals surface area contributed by atoms with Crippen molar-refractivity contribution in [3.8, 4) is 0 Å². The van der Waals surface area contributed by atoms with Crippen molar-refractivity contribution in [2.24, 2.45) is 0 Å². The van der Waals surface area contributed by atoms with Crippen molar-refractivity contribution in [3.05, 3.63) is 23.1 Å². The molecule has 0 unspecified atom stereocenters. The summed E-state index contributed by atoms with van der Waals surface area (Å²) in [6, 6.07) is 1.88. The van der Waals surface area contributed by atoms with E-state index in [2.05, 4.69) is 11.6 Å². The van der Waals surface area contributed by atoms with Gasteiger partial charge in [0.15, 0.2) is 0 Å². The van der Waals surface area contributed by atoms with Crippen LogP contribution in [-0.2, 0) is 0 Å². The van der Waals surface area contributed by atoms with E-state index < -0.39 is 0 Å². The molecule has 0 bridgehead atoms. The summed E-state index contributed by atoms with van der Waals surface area (Å²) < 4.78 is 4.91. The minimum Gasteiger partial charge on any atom is -0.452 e. The molecule has 2 rings (SSSR count). The maximum atomic E-state index is 11.9. The number of amides is 1. The molecule has 94 valence electrons. The monoisotopic (exact) mass is 273 g/mol. The van der Waals surface area contributed by atoms with E-state index in [0.717, 1.165) is 18.1 Å². The van der Waals surface area contributed by atoms with Crippen LogP contribution in [0.4, 0.5) is 0 Å². The minimum atomic E-state index is -0.128. The van der Waals surface area contributed by atoms with Gasteiger partial charge in [0.1, 0.15) is 0 Å². The topological polar surface area (TPSA) is 42.2 Å². The summed E-state index contributed by atoms with van der Waals surface area (Å²) in [4.78, 5) is 11.9. The van der Waals surface area contributed by atoms with Crippen molar-refractivity contribution in [2.75, 3.05) is 6.26 Å². The van der Waals surface area contributed by atoms with Crippen LogP contribution >= 0.6 is 23.4 Å². The summed E-state index contributed by atoms with van der Waals surface area (Å²) in [5.41, 5.74) is 0.429. The van der Waals surface area contributed by atoms with Gasteiger partial charge in [0.05, 0.1) is 11.8 Å². The Kier molecular flexibility index (Phi) is 4.40. The van der Waals surface area contributed by atoms with Crippen molar-refractivity contribution >= 4 is 29.3 Å². The average molecular weight is 274 g/mol. The van der Waals surface area contributed by atoms with Crippen molar-refractivity contribution in [1.82, 2.24) is 5.32 Å². The van der Waals surface area contributed by atoms with Gasteiger partial charge in [-0.15, -0.1) is 0 Å². The van der Waals surface area contributed by atoms with Crippen LogP contribution in [0.5, 0.6) is 0 Å². The minimum absolute atomic E-state index is 0.128. The maximum Gasteiger partial charge on any atom is 0.256 e. The number of carbonyl (C=O) groups is 1. The SMILES string of the molecule is CSC1CCC(NC(=O)c2ccoc2Cl)CC1. The number of carbonyl (C=O) groups excluding carboxylic acids is 1. The highest BCUT2D eigenvalue weighted by Crippen LogP contribution is 2.27. The number of hydrogen-bond acceptors (Lipinski definition) is 3. The number of hydrogen-bond donors (Lipinski definition) is 1. The molecule has 17 heavy (non-hydrogen) atoms. The second kappa shape index (κ2) is 5.83. The molecule has 0 spiro atoms. The van der Waals surface area contributed by atoms with Crippen molar-refractivity contribution in [1.29, 1.82) is 0 Å². The van der Waals surface area contributed by atoms with E-state index in [1.165, 1.54) is 19.1 Å². The third-order valence-electron chi connectivity index (χ3n) is 3.21. The number of nitrogens with one attached hydrogen (secondary N) is 1. The molecule has 1 heterocycles. The summed E-state index contributed by atoms with van der Waals surface area (Å²) in [7, 11) is 0. The molecule has 1 saturated carbocycles. The summed E-state index contributed by atoms with van der Waals surface area (Å²) in [5.74, 6) is -0.128. The van der Waals surface area contributed by atoms with Crippen LogP contribution in [0.25, 0.3) is 0 Å². The lowest BCUT2D eigenvalue weighted by Crippen LogP contribution is -2.38. The molecule has 0 saturated heterocycles. The lowest BCUT2D eigenvalue weighted by molar-refractivity contribution is 0.0927. The van der Waals surface area contributed by atoms with Gasteiger partial charge in [-0.2, -0.15) is 11.8 Å². The molecule has 1 aromatic heterocycles. The summed E-state index contributed by atoms with van der Waals surface area (Å²) >= 11 is 7.69. The normalized spacial score (nSPS) is 24.6. The summed E-state index contributed by atoms with van der Waals surface area (Å²) in [6.07, 6.45) is 8.02. The van der Waals surface area contributed by atoms with Crippen LogP contribution < -0.4 is 5.32 Å². The van der Waals surface area contributed by atoms with Gasteiger partial charge in [0.25, 0.3) is 5.91 Å². The second-order valence-electron chi connectivity index (χ2n) is 4.29. The standard InChI is InChI=1S/C12H16ClNO2S/c1-17-9-4-2-8(3-5-9)14-12(15)10-6-7-16-11(10)13/h6-9H,2-5H2,1H3,(H,14,15). The smallest absolute Gasteiger partial charge is 0.256 e. The van der Waals surface area contributed by atoms with E-state index in [0.29, 0.717) is 5.56 Å². The number of thioether (sulfide) groups is 1. The zero-order valence-corrected chi connectivity index (χ0v) is 11.3. The Morgan fingerprint density at radius 1 is 1.47 bits per heavy atom. The quantitative estimate of drug-likeness (QED) is 0.918. The summed E-state index contributed by atoms with van der Waals surface area (Å²) in [6.45, 7) is 0. The van der Waals surface area contributed by atoms with Gasteiger partial charge < -0.3 is 9.73 Å². The Labute approximate surface area is 110 Å². The molecule has 1 aliphatic rings. The molecule has 5 heteroatoms. The highest BCUT2D eigenvalue weighted by Gasteiger charge is 2.23. The van der Waals surface area contributed by atoms with Crippen molar-refractivity contribution in [3.63, 3.8) is 0 Å². The van der Waals surface area contributed by atoms with Crippen LogP contribution in [0, 0.1) is 0 Å². The van der Waals surface area contributed by atoms with Crippen molar-refractivity contribution in [2.45, 2.75) is 37.0 Å². The highest BCUT2D eigenvalue weighted by molar-refractivity contribution is 7.99. The first kappa shape index (κ1) is 12.8. The number of furan rings is 1. The van der Waals surface area contributed by atoms with Gasteiger partial charge in [0.2, 0.25) is 5.22 Å². The molecule has 1 aromatic rings. The van der Waals surface area contributed by atoms with Gasteiger partial charge in [-0.1, -0.05) is 0 Å². The van der Waals surface area contributed by atoms with E-state index >= 15 is 0 Å². The van der Waals surface area contributed by atoms with Crippen molar-refractivity contribution < 1.29 is 9.21 Å². The Morgan fingerprint density at radius 3 is 2.71 bits per heavy atom. The van der Waals surface area contributed by atoms with E-state index in [-0.39, 0.29) is 17.2 Å². The van der Waals surface area contributed by atoms with Crippen LogP contribution in [0.3, 0.4) is 0 Å². The fourth-order valence-corrected chi connectivity index (χ4v) is 3.11. The average Bonchev–Trinajstić information content (AvgIpc) is 2.76. The van der Waals surface area contributed by atoms with Gasteiger partial charge in [0, 0.05) is 11.3 Å². The Bertz CT molecular complexity index is 386. The molecule has 0 atom stereocenters. The fraction of sp³-hybridized carbons (Fsp3) is 0.583. The lowest BCUT2D eigenvalue weighted by atomic mass is 9.95. The van der Waals surface area contributed by atoms with Gasteiger partial charge in [-0.25, -0.2) is 0 Å². The van der Waals surface area contributed by atoms with Gasteiger partial charge in [-0.3, -0.25) is 4.79 Å². The molecule has 3 nitrogen and oxygen atoms in total. The third-order valence-corrected chi connectivity index (χ3v) is 4.64. The molecule has 0 aliphatic heterocycles. The zero-order valence-electron chi connectivity index (χ0n) is 9.74. The molecule has 1 fully saturated rings. The Morgan fingerprint density at radius 2 is 2.18 bits per heavy atom. The van der Waals surface area contributed by atoms with Crippen LogP contribution in [0.1, 0.15) is 36.0 Å². The molecular weight excluding hydrogens is 258 g/mol. The van der Waals surface area contributed by atoms with Crippen LogP contribution in [0.15, 0.2) is 16.7 Å². The molecule has 0 aromatic carbocycles. The van der Waals surface area contributed by atoms with E-state index in [1.807, 2.05) is 11.8 Å². The number of rotatable bonds is 3. The fourth-order valence-electron chi connectivity index (χ4n) is 2.16. The maximum absolute atomic E-state index is 11.9. The lowest BCUT2D eigenvalue weighted by Gasteiger charge is -2.27. The van der Waals surface area contributed by atoms with Gasteiger partial charge in [-0.05, 0) is 49.6 Å². The molecule has 0 radical (unpaired) electrons. The van der Waals surface area contributed by atoms with E-state index in [1.54, 1.807) is 6.07 Å². The Hall–Kier alpha value is -0.610. The molecule has 1 aliphatic carbocycles.